The minimum absolute atomic E-state index is 0.106. The molecule has 1 aliphatic rings. The molecule has 1 aromatic heterocycles. The number of nitriles is 1. The number of amides is 1. The SMILES string of the molecule is N#Cc1ccc(C2CC(=O)Nc3c2ncn3-c2ccc(F)cc2)cc1. The Kier molecular flexibility index (Phi) is 3.55. The molecule has 3 aromatic rings. The zero-order chi connectivity index (χ0) is 17.4. The van der Waals surface area contributed by atoms with Gasteiger partial charge in [-0.2, -0.15) is 5.26 Å². The van der Waals surface area contributed by atoms with Gasteiger partial charge in [-0.15, -0.1) is 0 Å². The topological polar surface area (TPSA) is 70.7 Å². The largest absolute Gasteiger partial charge is 0.310 e. The molecule has 0 saturated heterocycles. The molecule has 5 nitrogen and oxygen atoms in total. The number of benzene rings is 2. The van der Waals surface area contributed by atoms with Crippen LogP contribution in [0.25, 0.3) is 5.69 Å². The van der Waals surface area contributed by atoms with E-state index >= 15 is 0 Å². The van der Waals surface area contributed by atoms with E-state index in [0.717, 1.165) is 16.9 Å². The molecular formula is C19H13FN4O. The van der Waals surface area contributed by atoms with Crippen LogP contribution in [0.15, 0.2) is 54.9 Å². The lowest BCUT2D eigenvalue weighted by atomic mass is 9.89. The number of carbonyl (C=O) groups excluding carboxylic acids is 1. The summed E-state index contributed by atoms with van der Waals surface area (Å²) < 4.78 is 14.9. The maximum atomic E-state index is 13.2. The highest BCUT2D eigenvalue weighted by atomic mass is 19.1. The van der Waals surface area contributed by atoms with Gasteiger partial charge in [-0.25, -0.2) is 9.37 Å². The number of hydrogen-bond donors (Lipinski definition) is 1. The third-order valence-corrected chi connectivity index (χ3v) is 4.32. The van der Waals surface area contributed by atoms with Crippen molar-refractivity contribution in [2.24, 2.45) is 0 Å². The molecule has 6 heteroatoms. The Bertz CT molecular complexity index is 984. The van der Waals surface area contributed by atoms with Crippen molar-refractivity contribution in [3.8, 4) is 11.8 Å². The Morgan fingerprint density at radius 2 is 1.88 bits per heavy atom. The highest BCUT2D eigenvalue weighted by Gasteiger charge is 2.30. The Balaban J connectivity index is 1.78. The van der Waals surface area contributed by atoms with Gasteiger partial charge in [0.2, 0.25) is 5.91 Å². The number of fused-ring (bicyclic) bond motifs is 1. The van der Waals surface area contributed by atoms with Crippen LogP contribution in [0.3, 0.4) is 0 Å². The van der Waals surface area contributed by atoms with Gasteiger partial charge < -0.3 is 5.32 Å². The standard InChI is InChI=1S/C19H13FN4O/c20-14-5-7-15(8-6-14)24-11-22-18-16(9-17(25)23-19(18)24)13-3-1-12(10-21)2-4-13/h1-8,11,16H,9H2,(H,23,25). The fourth-order valence-corrected chi connectivity index (χ4v) is 3.07. The van der Waals surface area contributed by atoms with E-state index in [9.17, 15) is 9.18 Å². The summed E-state index contributed by atoms with van der Waals surface area (Å²) >= 11 is 0. The van der Waals surface area contributed by atoms with Crippen LogP contribution in [0.1, 0.15) is 29.2 Å². The summed E-state index contributed by atoms with van der Waals surface area (Å²) in [5, 5.41) is 11.8. The summed E-state index contributed by atoms with van der Waals surface area (Å²) in [7, 11) is 0. The smallest absolute Gasteiger partial charge is 0.226 e. The third kappa shape index (κ3) is 2.66. The molecule has 0 bridgehead atoms. The van der Waals surface area contributed by atoms with Gasteiger partial charge in [0.05, 0.1) is 17.3 Å². The zero-order valence-corrected chi connectivity index (χ0v) is 13.1. The first-order valence-electron chi connectivity index (χ1n) is 7.79. The van der Waals surface area contributed by atoms with Gasteiger partial charge in [0.1, 0.15) is 18.0 Å². The summed E-state index contributed by atoms with van der Waals surface area (Å²) in [6.45, 7) is 0. The van der Waals surface area contributed by atoms with Crippen LogP contribution >= 0.6 is 0 Å². The van der Waals surface area contributed by atoms with E-state index < -0.39 is 0 Å². The molecule has 122 valence electrons. The van der Waals surface area contributed by atoms with E-state index in [2.05, 4.69) is 16.4 Å². The Morgan fingerprint density at radius 3 is 2.56 bits per heavy atom. The van der Waals surface area contributed by atoms with E-state index in [1.54, 1.807) is 35.2 Å². The maximum Gasteiger partial charge on any atom is 0.226 e. The van der Waals surface area contributed by atoms with Crippen molar-refractivity contribution in [2.45, 2.75) is 12.3 Å². The fraction of sp³-hybridized carbons (Fsp3) is 0.105. The Hall–Kier alpha value is -3.46. The number of anilines is 1. The van der Waals surface area contributed by atoms with Gasteiger partial charge in [-0.3, -0.25) is 9.36 Å². The van der Waals surface area contributed by atoms with Crippen LogP contribution in [0.4, 0.5) is 10.2 Å². The summed E-state index contributed by atoms with van der Waals surface area (Å²) in [6, 6.07) is 15.3. The quantitative estimate of drug-likeness (QED) is 0.782. The Morgan fingerprint density at radius 1 is 1.16 bits per heavy atom. The van der Waals surface area contributed by atoms with Crippen molar-refractivity contribution in [3.63, 3.8) is 0 Å². The molecule has 1 N–H and O–H groups in total. The summed E-state index contributed by atoms with van der Waals surface area (Å²) in [4.78, 5) is 16.7. The van der Waals surface area contributed by atoms with E-state index in [1.165, 1.54) is 12.1 Å². The fourth-order valence-electron chi connectivity index (χ4n) is 3.07. The van der Waals surface area contributed by atoms with Crippen LogP contribution in [0.2, 0.25) is 0 Å². The molecule has 0 radical (unpaired) electrons. The summed E-state index contributed by atoms with van der Waals surface area (Å²) in [5.74, 6) is -0.0154. The first-order chi connectivity index (χ1) is 12.2. The second-order valence-corrected chi connectivity index (χ2v) is 5.86. The van der Waals surface area contributed by atoms with Gasteiger partial charge in [0.25, 0.3) is 0 Å². The number of rotatable bonds is 2. The van der Waals surface area contributed by atoms with E-state index in [0.29, 0.717) is 17.8 Å². The monoisotopic (exact) mass is 332 g/mol. The minimum atomic E-state index is -0.322. The van der Waals surface area contributed by atoms with Crippen LogP contribution in [-0.4, -0.2) is 15.5 Å². The van der Waals surface area contributed by atoms with E-state index in [-0.39, 0.29) is 17.6 Å². The predicted molar refractivity (Wildman–Crippen MR) is 89.8 cm³/mol. The molecule has 1 unspecified atom stereocenters. The van der Waals surface area contributed by atoms with Gasteiger partial charge in [-0.1, -0.05) is 12.1 Å². The van der Waals surface area contributed by atoms with Crippen molar-refractivity contribution < 1.29 is 9.18 Å². The number of aromatic nitrogens is 2. The lowest BCUT2D eigenvalue weighted by Gasteiger charge is -2.23. The van der Waals surface area contributed by atoms with Crippen LogP contribution in [0.5, 0.6) is 0 Å². The Labute approximate surface area is 143 Å². The van der Waals surface area contributed by atoms with Gasteiger partial charge in [0.15, 0.2) is 0 Å². The second kappa shape index (κ2) is 5.87. The number of imidazole rings is 1. The highest BCUT2D eigenvalue weighted by molar-refractivity contribution is 5.94. The number of hydrogen-bond acceptors (Lipinski definition) is 3. The first-order valence-corrected chi connectivity index (χ1v) is 7.79. The first kappa shape index (κ1) is 15.1. The predicted octanol–water partition coefficient (Wildman–Crippen LogP) is 3.36. The lowest BCUT2D eigenvalue weighted by molar-refractivity contribution is -0.116. The molecule has 0 fully saturated rings. The number of nitrogens with zero attached hydrogens (tertiary/aromatic N) is 3. The third-order valence-electron chi connectivity index (χ3n) is 4.32. The molecule has 0 saturated carbocycles. The normalized spacial score (nSPS) is 16.0. The zero-order valence-electron chi connectivity index (χ0n) is 13.1. The summed E-state index contributed by atoms with van der Waals surface area (Å²) in [6.07, 6.45) is 1.92. The molecule has 2 aromatic carbocycles. The average Bonchev–Trinajstić information content (AvgIpc) is 3.05. The van der Waals surface area contributed by atoms with Crippen molar-refractivity contribution in [3.05, 3.63) is 77.5 Å². The van der Waals surface area contributed by atoms with Crippen molar-refractivity contribution >= 4 is 11.7 Å². The molecular weight excluding hydrogens is 319 g/mol. The molecule has 1 amide bonds. The number of carbonyl (C=O) groups is 1. The average molecular weight is 332 g/mol. The number of halogens is 1. The molecule has 2 heterocycles. The van der Waals surface area contributed by atoms with Gasteiger partial charge in [0, 0.05) is 18.0 Å². The molecule has 0 spiro atoms. The summed E-state index contributed by atoms with van der Waals surface area (Å²) in [5.41, 5.74) is 2.98. The van der Waals surface area contributed by atoms with Crippen LogP contribution < -0.4 is 5.32 Å². The van der Waals surface area contributed by atoms with E-state index in [1.807, 2.05) is 12.1 Å². The minimum Gasteiger partial charge on any atom is -0.310 e. The number of nitrogens with one attached hydrogen (secondary N) is 1. The highest BCUT2D eigenvalue weighted by Crippen LogP contribution is 2.37. The van der Waals surface area contributed by atoms with Crippen molar-refractivity contribution in [1.82, 2.24) is 9.55 Å². The molecule has 0 aliphatic carbocycles. The van der Waals surface area contributed by atoms with E-state index in [4.69, 9.17) is 5.26 Å². The lowest BCUT2D eigenvalue weighted by Crippen LogP contribution is -2.24. The van der Waals surface area contributed by atoms with Crippen LogP contribution in [-0.2, 0) is 4.79 Å². The van der Waals surface area contributed by atoms with Crippen molar-refractivity contribution in [1.29, 1.82) is 5.26 Å². The molecule has 25 heavy (non-hydrogen) atoms. The van der Waals surface area contributed by atoms with Crippen LogP contribution in [0, 0.1) is 17.1 Å². The second-order valence-electron chi connectivity index (χ2n) is 5.86. The molecule has 1 atom stereocenters. The molecule has 1 aliphatic heterocycles. The maximum absolute atomic E-state index is 13.2. The molecule has 4 rings (SSSR count). The van der Waals surface area contributed by atoms with Gasteiger partial charge >= 0.3 is 0 Å². The van der Waals surface area contributed by atoms with Crippen molar-refractivity contribution in [2.75, 3.05) is 5.32 Å². The van der Waals surface area contributed by atoms with Gasteiger partial charge in [-0.05, 0) is 42.0 Å².